The maximum Gasteiger partial charge on any atom is 0.133 e. The van der Waals surface area contributed by atoms with E-state index in [0.29, 0.717) is 16.5 Å². The quantitative estimate of drug-likeness (QED) is 0.713. The fourth-order valence-electron chi connectivity index (χ4n) is 1.13. The van der Waals surface area contributed by atoms with Gasteiger partial charge >= 0.3 is 0 Å². The molecule has 1 aromatic carbocycles. The van der Waals surface area contributed by atoms with Crippen molar-refractivity contribution in [3.05, 3.63) is 41.2 Å². The van der Waals surface area contributed by atoms with Crippen LogP contribution in [0.1, 0.15) is 4.88 Å². The van der Waals surface area contributed by atoms with E-state index in [0.717, 1.165) is 4.88 Å². The Morgan fingerprint density at radius 1 is 1.36 bits per heavy atom. The molecule has 1 aromatic heterocycles. The van der Waals surface area contributed by atoms with Crippen molar-refractivity contribution in [3.8, 4) is 10.6 Å². The Kier molecular flexibility index (Phi) is 2.79. The molecule has 0 N–H and O–H groups in total. The van der Waals surface area contributed by atoms with Crippen molar-refractivity contribution >= 4 is 22.9 Å². The van der Waals surface area contributed by atoms with Crippen LogP contribution >= 0.6 is 22.9 Å². The summed E-state index contributed by atoms with van der Waals surface area (Å²) in [7, 11) is 0. The zero-order chi connectivity index (χ0) is 9.97. The first-order chi connectivity index (χ1) is 6.81. The second kappa shape index (κ2) is 4.07. The molecule has 2 rings (SSSR count). The van der Waals surface area contributed by atoms with Crippen LogP contribution in [0, 0.1) is 5.82 Å². The highest BCUT2D eigenvalue weighted by molar-refractivity contribution is 7.15. The molecule has 1 nitrogen and oxygen atoms in total. The number of hydrogen-bond acceptors (Lipinski definition) is 2. The van der Waals surface area contributed by atoms with Crippen molar-refractivity contribution in [1.82, 2.24) is 4.98 Å². The summed E-state index contributed by atoms with van der Waals surface area (Å²) in [6.07, 6.45) is 1.68. The van der Waals surface area contributed by atoms with Gasteiger partial charge in [0.05, 0.1) is 5.88 Å². The minimum absolute atomic E-state index is 0.247. The number of hydrogen-bond donors (Lipinski definition) is 0. The van der Waals surface area contributed by atoms with Crippen molar-refractivity contribution in [2.45, 2.75) is 5.88 Å². The van der Waals surface area contributed by atoms with Crippen molar-refractivity contribution in [1.29, 1.82) is 0 Å². The van der Waals surface area contributed by atoms with Crippen LogP contribution in [0.4, 0.5) is 4.39 Å². The smallest absolute Gasteiger partial charge is 0.133 e. The number of rotatable bonds is 2. The second-order valence-corrected chi connectivity index (χ2v) is 4.13. The fourth-order valence-corrected chi connectivity index (χ4v) is 2.15. The van der Waals surface area contributed by atoms with Gasteiger partial charge < -0.3 is 0 Å². The maximum atomic E-state index is 13.3. The Morgan fingerprint density at radius 3 is 2.79 bits per heavy atom. The van der Waals surface area contributed by atoms with E-state index in [2.05, 4.69) is 4.98 Å². The zero-order valence-corrected chi connectivity index (χ0v) is 8.78. The molecule has 2 aromatic rings. The molecule has 0 fully saturated rings. The highest BCUT2D eigenvalue weighted by Gasteiger charge is 2.07. The molecule has 0 aliphatic rings. The van der Waals surface area contributed by atoms with Crippen molar-refractivity contribution < 1.29 is 4.39 Å². The van der Waals surface area contributed by atoms with Gasteiger partial charge in [0, 0.05) is 16.6 Å². The minimum atomic E-state index is -0.247. The number of alkyl halides is 1. The summed E-state index contributed by atoms with van der Waals surface area (Å²) in [4.78, 5) is 5.06. The molecule has 0 aliphatic carbocycles. The summed E-state index contributed by atoms with van der Waals surface area (Å²) in [5.74, 6) is 0.175. The average molecular weight is 228 g/mol. The fraction of sp³-hybridized carbons (Fsp3) is 0.100. The van der Waals surface area contributed by atoms with Crippen LogP contribution in [-0.2, 0) is 5.88 Å². The van der Waals surface area contributed by atoms with Gasteiger partial charge in [0.25, 0.3) is 0 Å². The normalized spacial score (nSPS) is 10.4. The highest BCUT2D eigenvalue weighted by atomic mass is 35.5. The minimum Gasteiger partial charge on any atom is -0.244 e. The van der Waals surface area contributed by atoms with Crippen LogP contribution in [0.5, 0.6) is 0 Å². The van der Waals surface area contributed by atoms with E-state index < -0.39 is 0 Å². The lowest BCUT2D eigenvalue weighted by Crippen LogP contribution is -1.80. The first-order valence-electron chi connectivity index (χ1n) is 4.07. The number of aromatic nitrogens is 1. The first kappa shape index (κ1) is 9.62. The van der Waals surface area contributed by atoms with E-state index >= 15 is 0 Å². The molecule has 72 valence electrons. The largest absolute Gasteiger partial charge is 0.244 e. The number of benzene rings is 1. The third-order valence-electron chi connectivity index (χ3n) is 1.79. The molecular weight excluding hydrogens is 221 g/mol. The molecule has 4 heteroatoms. The Balaban J connectivity index is 2.44. The molecule has 1 heterocycles. The monoisotopic (exact) mass is 227 g/mol. The van der Waals surface area contributed by atoms with Gasteiger partial charge in [-0.15, -0.1) is 22.9 Å². The predicted molar refractivity (Wildman–Crippen MR) is 57.1 cm³/mol. The summed E-state index contributed by atoms with van der Waals surface area (Å²) < 4.78 is 13.3. The molecule has 0 spiro atoms. The summed E-state index contributed by atoms with van der Waals surface area (Å²) >= 11 is 7.06. The third-order valence-corrected chi connectivity index (χ3v) is 3.27. The van der Waals surface area contributed by atoms with Gasteiger partial charge in [-0.05, 0) is 12.1 Å². The van der Waals surface area contributed by atoms with Crippen molar-refractivity contribution in [2.24, 2.45) is 0 Å². The van der Waals surface area contributed by atoms with E-state index in [1.54, 1.807) is 24.4 Å². The topological polar surface area (TPSA) is 12.9 Å². The highest BCUT2D eigenvalue weighted by Crippen LogP contribution is 2.27. The first-order valence-corrected chi connectivity index (χ1v) is 5.42. The zero-order valence-electron chi connectivity index (χ0n) is 7.21. The van der Waals surface area contributed by atoms with Gasteiger partial charge in [0.1, 0.15) is 10.8 Å². The van der Waals surface area contributed by atoms with Gasteiger partial charge in [0.2, 0.25) is 0 Å². The average Bonchev–Trinajstić information content (AvgIpc) is 2.67. The Hall–Kier alpha value is -0.930. The van der Waals surface area contributed by atoms with E-state index in [9.17, 15) is 4.39 Å². The van der Waals surface area contributed by atoms with Gasteiger partial charge in [-0.2, -0.15) is 0 Å². The molecule has 0 bridgehead atoms. The van der Waals surface area contributed by atoms with E-state index in [1.807, 2.05) is 0 Å². The molecule has 0 radical (unpaired) electrons. The molecule has 0 unspecified atom stereocenters. The molecule has 0 saturated carbocycles. The van der Waals surface area contributed by atoms with Gasteiger partial charge in [-0.3, -0.25) is 0 Å². The predicted octanol–water partition coefficient (Wildman–Crippen LogP) is 3.69. The van der Waals surface area contributed by atoms with Crippen LogP contribution in [0.15, 0.2) is 30.5 Å². The number of halogens is 2. The molecule has 0 aliphatic heterocycles. The molecule has 0 saturated heterocycles. The summed E-state index contributed by atoms with van der Waals surface area (Å²) in [6.45, 7) is 0. The third kappa shape index (κ3) is 1.79. The van der Waals surface area contributed by atoms with E-state index in [1.165, 1.54) is 17.4 Å². The van der Waals surface area contributed by atoms with Crippen LogP contribution in [0.3, 0.4) is 0 Å². The van der Waals surface area contributed by atoms with Crippen LogP contribution in [0.25, 0.3) is 10.6 Å². The Labute approximate surface area is 90.2 Å². The summed E-state index contributed by atoms with van der Waals surface area (Å²) in [6, 6.07) is 6.60. The molecular formula is C10H7ClFNS. The van der Waals surface area contributed by atoms with Gasteiger partial charge in [0.15, 0.2) is 0 Å². The number of thiazole rings is 1. The lowest BCUT2D eigenvalue weighted by atomic mass is 10.2. The van der Waals surface area contributed by atoms with E-state index in [-0.39, 0.29) is 5.82 Å². The van der Waals surface area contributed by atoms with Gasteiger partial charge in [-0.25, -0.2) is 9.37 Å². The van der Waals surface area contributed by atoms with Crippen LogP contribution in [-0.4, -0.2) is 4.98 Å². The van der Waals surface area contributed by atoms with Gasteiger partial charge in [-0.1, -0.05) is 12.1 Å². The summed E-state index contributed by atoms with van der Waals surface area (Å²) in [5.41, 5.74) is 0.536. The lowest BCUT2D eigenvalue weighted by molar-refractivity contribution is 0.631. The van der Waals surface area contributed by atoms with Crippen molar-refractivity contribution in [3.63, 3.8) is 0 Å². The van der Waals surface area contributed by atoms with Crippen molar-refractivity contribution in [2.75, 3.05) is 0 Å². The summed E-state index contributed by atoms with van der Waals surface area (Å²) in [5, 5.41) is 0.679. The maximum absolute atomic E-state index is 13.3. The second-order valence-electron chi connectivity index (χ2n) is 2.75. The molecule has 0 amide bonds. The number of nitrogens with zero attached hydrogens (tertiary/aromatic N) is 1. The van der Waals surface area contributed by atoms with E-state index in [4.69, 9.17) is 11.6 Å². The van der Waals surface area contributed by atoms with Crippen LogP contribution in [0.2, 0.25) is 0 Å². The lowest BCUT2D eigenvalue weighted by Gasteiger charge is -1.96. The molecule has 0 atom stereocenters. The molecule has 14 heavy (non-hydrogen) atoms. The Morgan fingerprint density at radius 2 is 2.14 bits per heavy atom. The SMILES string of the molecule is Fc1ccccc1-c1ncc(CCl)s1. The Bertz CT molecular complexity index is 441. The standard InChI is InChI=1S/C10H7ClFNS/c11-5-7-6-13-10(14-7)8-3-1-2-4-9(8)12/h1-4,6H,5H2. The van der Waals surface area contributed by atoms with Crippen LogP contribution < -0.4 is 0 Å².